The number of rotatable bonds is 12. The van der Waals surface area contributed by atoms with Gasteiger partial charge in [0.25, 0.3) is 5.56 Å². The number of hydrogen-bond donors (Lipinski definition) is 2. The fourth-order valence-electron chi connectivity index (χ4n) is 3.66. The Kier molecular flexibility index (Phi) is 8.23. The molecule has 5 rings (SSSR count). The van der Waals surface area contributed by atoms with Crippen LogP contribution in [-0.2, 0) is 33.5 Å². The Bertz CT molecular complexity index is 1670. The van der Waals surface area contributed by atoms with E-state index in [2.05, 4.69) is 15.0 Å². The van der Waals surface area contributed by atoms with Gasteiger partial charge in [0.1, 0.15) is 18.8 Å². The lowest BCUT2D eigenvalue weighted by molar-refractivity contribution is 0.136. The van der Waals surface area contributed by atoms with Crippen LogP contribution in [0.3, 0.4) is 0 Å². The molecule has 0 aliphatic rings. The highest BCUT2D eigenvalue weighted by Gasteiger charge is 2.19. The lowest BCUT2D eigenvalue weighted by atomic mass is 10.1. The second-order valence-corrected chi connectivity index (χ2v) is 9.62. The van der Waals surface area contributed by atoms with Gasteiger partial charge >= 0.3 is 5.82 Å². The highest BCUT2D eigenvalue weighted by atomic mass is 31.2. The Morgan fingerprint density at radius 1 is 1.05 bits per heavy atom. The third kappa shape index (κ3) is 6.65. The fourth-order valence-corrected chi connectivity index (χ4v) is 4.72. The van der Waals surface area contributed by atoms with Crippen LogP contribution in [0.15, 0.2) is 79.3 Å². The predicted octanol–water partition coefficient (Wildman–Crippen LogP) is 3.77. The van der Waals surface area contributed by atoms with E-state index < -0.39 is 19.8 Å². The number of aromatic nitrogens is 4. The second-order valence-electron chi connectivity index (χ2n) is 8.18. The normalized spacial score (nSPS) is 12.2. The summed E-state index contributed by atoms with van der Waals surface area (Å²) in [5, 5.41) is 0. The van der Waals surface area contributed by atoms with Crippen molar-refractivity contribution in [2.75, 3.05) is 18.7 Å². The van der Waals surface area contributed by atoms with Crippen LogP contribution in [0.5, 0.6) is 0 Å². The van der Waals surface area contributed by atoms with Crippen LogP contribution < -0.4 is 17.1 Å². The number of hydrogen-bond acceptors (Lipinski definition) is 10. The van der Waals surface area contributed by atoms with Crippen LogP contribution in [0.2, 0.25) is 0 Å². The third-order valence-corrected chi connectivity index (χ3v) is 6.68. The van der Waals surface area contributed by atoms with E-state index >= 15 is 0 Å². The van der Waals surface area contributed by atoms with Crippen molar-refractivity contribution in [2.24, 2.45) is 0 Å². The van der Waals surface area contributed by atoms with Gasteiger partial charge in [-0.1, -0.05) is 42.5 Å². The summed E-state index contributed by atoms with van der Waals surface area (Å²) in [5.41, 5.74) is 6.99. The molecule has 12 nitrogen and oxygen atoms in total. The number of aromatic amines is 1. The van der Waals surface area contributed by atoms with Crippen molar-refractivity contribution < 1.29 is 27.0 Å². The van der Waals surface area contributed by atoms with Crippen LogP contribution in [0.4, 0.5) is 10.3 Å². The van der Waals surface area contributed by atoms with E-state index in [1.807, 2.05) is 6.07 Å². The van der Waals surface area contributed by atoms with Crippen molar-refractivity contribution in [1.29, 1.82) is 0 Å². The molecule has 1 unspecified atom stereocenters. The van der Waals surface area contributed by atoms with E-state index in [0.29, 0.717) is 23.3 Å². The summed E-state index contributed by atoms with van der Waals surface area (Å²) in [6, 6.07) is 15.0. The van der Waals surface area contributed by atoms with Crippen LogP contribution in [0.25, 0.3) is 22.5 Å². The maximum Gasteiger partial charge on any atom is 0.519 e. The molecule has 0 fully saturated rings. The zero-order valence-corrected chi connectivity index (χ0v) is 21.3. The van der Waals surface area contributed by atoms with Gasteiger partial charge in [-0.25, -0.2) is 14.2 Å². The second kappa shape index (κ2) is 12.1. The summed E-state index contributed by atoms with van der Waals surface area (Å²) >= 11 is 0. The Morgan fingerprint density at radius 3 is 2.69 bits per heavy atom. The molecule has 0 saturated carbocycles. The van der Waals surface area contributed by atoms with Gasteiger partial charge in [-0.15, -0.1) is 0 Å². The first-order chi connectivity index (χ1) is 19.0. The largest absolute Gasteiger partial charge is 0.519 e. The molecule has 2 aromatic carbocycles. The summed E-state index contributed by atoms with van der Waals surface area (Å²) < 4.78 is 43.3. The monoisotopic (exact) mass is 555 g/mol. The average molecular weight is 555 g/mol. The standard InChI is InChI=1S/C25H23FN5O7P/c26-18-8-4-5-16(11-18)12-35-39(36-13-19-21(38-25(33)37-19)17-6-2-1-3-7-17)15-34-10-9-31-14-28-20-22(31)29-24(27)30-23(20)32/h1-8,11,14H,9-10,12-13,15H2,(H3,27,29,30,32). The molecular weight excluding hydrogens is 532 g/mol. The fraction of sp³-hybridized carbons (Fsp3) is 0.200. The molecule has 1 atom stereocenters. The summed E-state index contributed by atoms with van der Waals surface area (Å²) in [4.78, 5) is 34.4. The molecule has 0 bridgehead atoms. The van der Waals surface area contributed by atoms with Crippen molar-refractivity contribution in [1.82, 2.24) is 19.5 Å². The Hall–Kier alpha value is -4.16. The van der Waals surface area contributed by atoms with E-state index in [1.54, 1.807) is 41.0 Å². The molecule has 14 heteroatoms. The topological polar surface area (TPSA) is 161 Å². The first-order valence-corrected chi connectivity index (χ1v) is 13.1. The van der Waals surface area contributed by atoms with Gasteiger partial charge in [-0.3, -0.25) is 9.78 Å². The minimum Gasteiger partial charge on any atom is -0.393 e. The Morgan fingerprint density at radius 2 is 1.87 bits per heavy atom. The number of nitrogens with zero attached hydrogens (tertiary/aromatic N) is 3. The number of benzene rings is 2. The highest BCUT2D eigenvalue weighted by Crippen LogP contribution is 2.41. The van der Waals surface area contributed by atoms with E-state index in [4.69, 9.17) is 28.4 Å². The van der Waals surface area contributed by atoms with Gasteiger partial charge in [-0.2, -0.15) is 4.98 Å². The molecule has 0 aliphatic carbocycles. The molecule has 0 saturated heterocycles. The number of H-pyrrole nitrogens is 1. The number of imidazole rings is 1. The Balaban J connectivity index is 1.24. The van der Waals surface area contributed by atoms with Gasteiger partial charge in [0.2, 0.25) is 5.95 Å². The lowest BCUT2D eigenvalue weighted by Crippen LogP contribution is -2.13. The molecule has 0 amide bonds. The third-order valence-electron chi connectivity index (χ3n) is 5.45. The van der Waals surface area contributed by atoms with Crippen LogP contribution in [-0.4, -0.2) is 32.5 Å². The van der Waals surface area contributed by atoms with E-state index in [0.717, 1.165) is 0 Å². The van der Waals surface area contributed by atoms with Crippen LogP contribution in [0, 0.1) is 5.82 Å². The highest BCUT2D eigenvalue weighted by molar-refractivity contribution is 7.46. The van der Waals surface area contributed by atoms with Crippen molar-refractivity contribution >= 4 is 25.5 Å². The van der Waals surface area contributed by atoms with Crippen molar-refractivity contribution in [3.8, 4) is 11.3 Å². The van der Waals surface area contributed by atoms with E-state index in [-0.39, 0.29) is 55.0 Å². The molecule has 3 aromatic heterocycles. The number of ether oxygens (including phenoxy) is 1. The molecule has 0 spiro atoms. The minimum atomic E-state index is -1.67. The molecule has 39 heavy (non-hydrogen) atoms. The molecule has 0 aliphatic heterocycles. The maximum absolute atomic E-state index is 13.6. The minimum absolute atomic E-state index is 0.0152. The summed E-state index contributed by atoms with van der Waals surface area (Å²) in [6.45, 7) is 0.494. The van der Waals surface area contributed by atoms with Crippen LogP contribution >= 0.6 is 8.38 Å². The average Bonchev–Trinajstić information content (AvgIpc) is 3.51. The molecule has 3 heterocycles. The quantitative estimate of drug-likeness (QED) is 0.171. The van der Waals surface area contributed by atoms with Gasteiger partial charge < -0.3 is 32.9 Å². The van der Waals surface area contributed by atoms with Crippen molar-refractivity contribution in [2.45, 2.75) is 19.8 Å². The number of nitrogen functional groups attached to an aromatic ring is 1. The first-order valence-electron chi connectivity index (χ1n) is 11.7. The Labute approximate surface area is 221 Å². The number of anilines is 1. The summed E-state index contributed by atoms with van der Waals surface area (Å²) in [5.74, 6) is -0.791. The number of nitrogens with two attached hydrogens (primary N) is 1. The summed E-state index contributed by atoms with van der Waals surface area (Å²) in [6.07, 6.45) is 1.53. The first kappa shape index (κ1) is 26.4. The lowest BCUT2D eigenvalue weighted by Gasteiger charge is -2.17. The van der Waals surface area contributed by atoms with E-state index in [1.165, 1.54) is 18.5 Å². The molecule has 3 N–H and O–H groups in total. The van der Waals surface area contributed by atoms with Gasteiger partial charge in [0.05, 0.1) is 19.5 Å². The van der Waals surface area contributed by atoms with E-state index in [9.17, 15) is 14.0 Å². The number of nitrogens with one attached hydrogen (secondary N) is 1. The smallest absolute Gasteiger partial charge is 0.393 e. The zero-order chi connectivity index (χ0) is 27.2. The molecular formula is C25H23FN5O7P. The molecule has 5 aromatic rings. The summed E-state index contributed by atoms with van der Waals surface area (Å²) in [7, 11) is -1.67. The molecule has 202 valence electrons. The van der Waals surface area contributed by atoms with Crippen molar-refractivity contribution in [3.63, 3.8) is 0 Å². The van der Waals surface area contributed by atoms with Gasteiger partial charge in [0.15, 0.2) is 31.1 Å². The van der Waals surface area contributed by atoms with Gasteiger partial charge in [0, 0.05) is 12.1 Å². The number of halogens is 1. The van der Waals surface area contributed by atoms with Gasteiger partial charge in [-0.05, 0) is 17.7 Å². The number of fused-ring (bicyclic) bond motifs is 1. The zero-order valence-electron chi connectivity index (χ0n) is 20.4. The maximum atomic E-state index is 13.6. The van der Waals surface area contributed by atoms with Crippen LogP contribution in [0.1, 0.15) is 11.3 Å². The molecule has 0 radical (unpaired) electrons. The predicted molar refractivity (Wildman–Crippen MR) is 139 cm³/mol. The van der Waals surface area contributed by atoms with Crippen molar-refractivity contribution in [3.05, 3.63) is 99.0 Å². The SMILES string of the molecule is Nc1nc2c(ncn2CCOCP(OCc2cccc(F)c2)OCc2oc(=O)oc2-c2ccccc2)c(=O)[nH]1.